The van der Waals surface area contributed by atoms with Crippen LogP contribution in [0.15, 0.2) is 4.52 Å². The molecule has 0 atom stereocenters. The molecule has 1 aliphatic heterocycles. The Morgan fingerprint density at radius 3 is 2.40 bits per heavy atom. The van der Waals surface area contributed by atoms with E-state index in [2.05, 4.69) is 29.2 Å². The Balaban J connectivity index is 1.80. The molecule has 0 radical (unpaired) electrons. The van der Waals surface area contributed by atoms with Gasteiger partial charge in [0.15, 0.2) is 0 Å². The first-order valence-corrected chi connectivity index (χ1v) is 9.00. The molecule has 0 saturated carbocycles. The van der Waals surface area contributed by atoms with Gasteiger partial charge in [-0.2, -0.15) is 5.10 Å². The molecule has 0 aliphatic carbocycles. The number of ether oxygens (including phenoxy) is 1. The minimum absolute atomic E-state index is 0.386. The fourth-order valence-electron chi connectivity index (χ4n) is 3.45. The van der Waals surface area contributed by atoms with Crippen molar-refractivity contribution in [1.29, 1.82) is 0 Å². The molecule has 7 nitrogen and oxygen atoms in total. The van der Waals surface area contributed by atoms with Gasteiger partial charge in [-0.3, -0.25) is 4.68 Å². The Bertz CT molecular complexity index is 694. The van der Waals surface area contributed by atoms with Crippen LogP contribution in [0, 0.1) is 13.8 Å². The van der Waals surface area contributed by atoms with Crippen LogP contribution < -0.4 is 10.2 Å². The van der Waals surface area contributed by atoms with Gasteiger partial charge in [-0.15, -0.1) is 0 Å². The molecule has 1 N–H and O–H groups in total. The maximum atomic E-state index is 5.51. The number of hydrogen-bond donors (Lipinski definition) is 1. The van der Waals surface area contributed by atoms with Crippen molar-refractivity contribution in [2.24, 2.45) is 7.05 Å². The zero-order valence-electron chi connectivity index (χ0n) is 15.9. The van der Waals surface area contributed by atoms with Crippen molar-refractivity contribution in [2.75, 3.05) is 31.2 Å². The van der Waals surface area contributed by atoms with Crippen LogP contribution in [0.1, 0.15) is 48.0 Å². The van der Waals surface area contributed by atoms with Crippen molar-refractivity contribution in [1.82, 2.24) is 20.3 Å². The predicted molar refractivity (Wildman–Crippen MR) is 96.8 cm³/mol. The second-order valence-electron chi connectivity index (χ2n) is 6.97. The fourth-order valence-corrected chi connectivity index (χ4v) is 3.45. The van der Waals surface area contributed by atoms with Gasteiger partial charge >= 0.3 is 0 Å². The summed E-state index contributed by atoms with van der Waals surface area (Å²) in [7, 11) is 2.04. The molecule has 0 unspecified atom stereocenters. The summed E-state index contributed by atoms with van der Waals surface area (Å²) >= 11 is 0. The van der Waals surface area contributed by atoms with Crippen LogP contribution in [0.2, 0.25) is 0 Å². The molecular formula is C18H29N5O2. The highest BCUT2D eigenvalue weighted by atomic mass is 16.5. The van der Waals surface area contributed by atoms with E-state index in [0.717, 1.165) is 62.1 Å². The molecule has 2 aromatic heterocycles. The average molecular weight is 347 g/mol. The first kappa shape index (κ1) is 17.9. The second kappa shape index (κ2) is 7.58. The van der Waals surface area contributed by atoms with Gasteiger partial charge in [0.1, 0.15) is 11.6 Å². The summed E-state index contributed by atoms with van der Waals surface area (Å²) in [4.78, 5) is 2.38. The van der Waals surface area contributed by atoms with E-state index in [1.54, 1.807) is 0 Å². The highest BCUT2D eigenvalue weighted by Gasteiger charge is 2.24. The van der Waals surface area contributed by atoms with Gasteiger partial charge in [0, 0.05) is 44.4 Å². The number of anilines is 1. The van der Waals surface area contributed by atoms with Gasteiger partial charge in [0.25, 0.3) is 0 Å². The Hall–Kier alpha value is -1.86. The molecule has 0 spiro atoms. The van der Waals surface area contributed by atoms with E-state index in [4.69, 9.17) is 14.4 Å². The number of rotatable bonds is 6. The summed E-state index contributed by atoms with van der Waals surface area (Å²) in [6.45, 7) is 13.2. The molecule has 3 heterocycles. The average Bonchev–Trinajstić information content (AvgIpc) is 3.09. The van der Waals surface area contributed by atoms with E-state index in [9.17, 15) is 0 Å². The molecule has 138 valence electrons. The smallest absolute Gasteiger partial charge is 0.138 e. The van der Waals surface area contributed by atoms with E-state index in [0.29, 0.717) is 5.92 Å². The zero-order chi connectivity index (χ0) is 18.0. The maximum absolute atomic E-state index is 5.51. The molecule has 1 aliphatic rings. The van der Waals surface area contributed by atoms with Crippen molar-refractivity contribution < 1.29 is 9.26 Å². The molecular weight excluding hydrogens is 318 g/mol. The van der Waals surface area contributed by atoms with Crippen LogP contribution in [0.25, 0.3) is 0 Å². The highest BCUT2D eigenvalue weighted by Crippen LogP contribution is 2.29. The molecule has 3 rings (SSSR count). The first-order valence-electron chi connectivity index (χ1n) is 9.00. The van der Waals surface area contributed by atoms with Crippen LogP contribution in [0.4, 0.5) is 5.82 Å². The first-order chi connectivity index (χ1) is 12.0. The molecule has 25 heavy (non-hydrogen) atoms. The molecule has 1 fully saturated rings. The standard InChI is InChI=1S/C18H29N5O2/c1-12(2)17-16(11-19-10-15-13(3)21-25-14(15)4)18(22(5)20-17)23-6-8-24-9-7-23/h12,19H,6-11H2,1-5H3. The van der Waals surface area contributed by atoms with Gasteiger partial charge < -0.3 is 19.5 Å². The number of hydrogen-bond acceptors (Lipinski definition) is 6. The van der Waals surface area contributed by atoms with Crippen molar-refractivity contribution in [2.45, 2.75) is 46.7 Å². The summed E-state index contributed by atoms with van der Waals surface area (Å²) in [5, 5.41) is 12.4. The van der Waals surface area contributed by atoms with Gasteiger partial charge in [0.2, 0.25) is 0 Å². The third-order valence-corrected chi connectivity index (χ3v) is 4.79. The van der Waals surface area contributed by atoms with Crippen LogP contribution in [0.3, 0.4) is 0 Å². The third-order valence-electron chi connectivity index (χ3n) is 4.79. The molecule has 1 saturated heterocycles. The Morgan fingerprint density at radius 2 is 1.80 bits per heavy atom. The lowest BCUT2D eigenvalue weighted by atomic mass is 10.0. The van der Waals surface area contributed by atoms with Crippen LogP contribution in [-0.4, -0.2) is 41.2 Å². The second-order valence-corrected chi connectivity index (χ2v) is 6.97. The monoisotopic (exact) mass is 347 g/mol. The van der Waals surface area contributed by atoms with Crippen molar-refractivity contribution >= 4 is 5.82 Å². The highest BCUT2D eigenvalue weighted by molar-refractivity contribution is 5.51. The fraction of sp³-hybridized carbons (Fsp3) is 0.667. The van der Waals surface area contributed by atoms with Crippen LogP contribution in [0.5, 0.6) is 0 Å². The van der Waals surface area contributed by atoms with E-state index in [1.165, 1.54) is 11.4 Å². The minimum Gasteiger partial charge on any atom is -0.378 e. The van der Waals surface area contributed by atoms with E-state index < -0.39 is 0 Å². The largest absolute Gasteiger partial charge is 0.378 e. The zero-order valence-corrected chi connectivity index (χ0v) is 15.9. The topological polar surface area (TPSA) is 68.4 Å². The lowest BCUT2D eigenvalue weighted by Crippen LogP contribution is -2.38. The van der Waals surface area contributed by atoms with Crippen molar-refractivity contribution in [3.8, 4) is 0 Å². The summed E-state index contributed by atoms with van der Waals surface area (Å²) in [6.07, 6.45) is 0. The Kier molecular flexibility index (Phi) is 5.44. The molecule has 0 amide bonds. The molecule has 2 aromatic rings. The Morgan fingerprint density at radius 1 is 1.12 bits per heavy atom. The maximum Gasteiger partial charge on any atom is 0.138 e. The number of nitrogens with zero attached hydrogens (tertiary/aromatic N) is 4. The number of aryl methyl sites for hydroxylation is 3. The molecule has 0 aromatic carbocycles. The van der Waals surface area contributed by atoms with Gasteiger partial charge in [-0.25, -0.2) is 0 Å². The van der Waals surface area contributed by atoms with Gasteiger partial charge in [0.05, 0.1) is 24.6 Å². The Labute approximate surface area is 149 Å². The van der Waals surface area contributed by atoms with E-state index in [-0.39, 0.29) is 0 Å². The number of morpholine rings is 1. The van der Waals surface area contributed by atoms with E-state index in [1.807, 2.05) is 25.6 Å². The lowest BCUT2D eigenvalue weighted by molar-refractivity contribution is 0.122. The number of nitrogens with one attached hydrogen (secondary N) is 1. The molecule has 7 heteroatoms. The van der Waals surface area contributed by atoms with Crippen LogP contribution >= 0.6 is 0 Å². The quantitative estimate of drug-likeness (QED) is 0.865. The third kappa shape index (κ3) is 3.72. The van der Waals surface area contributed by atoms with Crippen LogP contribution in [-0.2, 0) is 24.9 Å². The van der Waals surface area contributed by atoms with Crippen molar-refractivity contribution in [3.63, 3.8) is 0 Å². The SMILES string of the molecule is Cc1noc(C)c1CNCc1c(C(C)C)nn(C)c1N1CCOCC1. The minimum atomic E-state index is 0.386. The summed E-state index contributed by atoms with van der Waals surface area (Å²) in [5.74, 6) is 2.48. The summed E-state index contributed by atoms with van der Waals surface area (Å²) in [5.41, 5.74) is 4.54. The van der Waals surface area contributed by atoms with Gasteiger partial charge in [-0.05, 0) is 19.8 Å². The van der Waals surface area contributed by atoms with Crippen molar-refractivity contribution in [3.05, 3.63) is 28.3 Å². The lowest BCUT2D eigenvalue weighted by Gasteiger charge is -2.29. The van der Waals surface area contributed by atoms with Gasteiger partial charge in [-0.1, -0.05) is 19.0 Å². The predicted octanol–water partition coefficient (Wildman–Crippen LogP) is 2.27. The number of aromatic nitrogens is 3. The normalized spacial score (nSPS) is 15.4. The van der Waals surface area contributed by atoms with E-state index >= 15 is 0 Å². The summed E-state index contributed by atoms with van der Waals surface area (Å²) < 4.78 is 12.8. The summed E-state index contributed by atoms with van der Waals surface area (Å²) in [6, 6.07) is 0. The molecule has 0 bridgehead atoms.